The quantitative estimate of drug-likeness (QED) is 0.755. The van der Waals surface area contributed by atoms with Gasteiger partial charge in [0.25, 0.3) is 0 Å². The number of nitrogens with one attached hydrogen (secondary N) is 1. The molecule has 16 heavy (non-hydrogen) atoms. The highest BCUT2D eigenvalue weighted by atomic mass is 35.5. The molecule has 0 saturated carbocycles. The number of aliphatic hydroxyl groups excluding tert-OH is 1. The van der Waals surface area contributed by atoms with Gasteiger partial charge >= 0.3 is 0 Å². The summed E-state index contributed by atoms with van der Waals surface area (Å²) in [5.74, 6) is -0.208. The lowest BCUT2D eigenvalue weighted by atomic mass is 10.0. The van der Waals surface area contributed by atoms with Gasteiger partial charge in [-0.2, -0.15) is 0 Å². The van der Waals surface area contributed by atoms with Crippen molar-refractivity contribution in [1.82, 2.24) is 0 Å². The third-order valence-corrected chi connectivity index (χ3v) is 2.38. The van der Waals surface area contributed by atoms with E-state index < -0.39 is 12.1 Å². The molecule has 4 nitrogen and oxygen atoms in total. The number of anilines is 1. The summed E-state index contributed by atoms with van der Waals surface area (Å²) in [5, 5.41) is 13.0. The summed E-state index contributed by atoms with van der Waals surface area (Å²) in [4.78, 5) is 11.0. The van der Waals surface area contributed by atoms with Crippen LogP contribution in [0.2, 0.25) is 5.02 Å². The Morgan fingerprint density at radius 1 is 1.56 bits per heavy atom. The van der Waals surface area contributed by atoms with Crippen LogP contribution in [0.25, 0.3) is 0 Å². The first-order valence-corrected chi connectivity index (χ1v) is 5.30. The number of rotatable bonds is 3. The van der Waals surface area contributed by atoms with Crippen molar-refractivity contribution in [2.24, 2.45) is 5.73 Å². The molecular weight excluding hydrogens is 228 g/mol. The molecule has 0 aliphatic rings. The Hall–Kier alpha value is -1.10. The van der Waals surface area contributed by atoms with Gasteiger partial charge in [0.2, 0.25) is 5.91 Å². The van der Waals surface area contributed by atoms with Gasteiger partial charge in [0.05, 0.1) is 6.10 Å². The molecule has 88 valence electrons. The van der Waals surface area contributed by atoms with Gasteiger partial charge in [-0.25, -0.2) is 0 Å². The molecule has 0 aliphatic heterocycles. The minimum Gasteiger partial charge on any atom is -0.387 e. The Labute approximate surface area is 99.4 Å². The van der Waals surface area contributed by atoms with Gasteiger partial charge in [-0.15, -0.1) is 0 Å². The Morgan fingerprint density at radius 3 is 2.69 bits per heavy atom. The summed E-state index contributed by atoms with van der Waals surface area (Å²) in [6.07, 6.45) is -0.861. The lowest BCUT2D eigenvalue weighted by molar-refractivity contribution is -0.114. The number of nitrogens with two attached hydrogens (primary N) is 1. The Bertz CT molecular complexity index is 394. The maximum absolute atomic E-state index is 11.0. The second kappa shape index (κ2) is 5.30. The molecule has 0 aromatic heterocycles. The average Bonchev–Trinajstić information content (AvgIpc) is 2.18. The zero-order chi connectivity index (χ0) is 12.3. The fourth-order valence-corrected chi connectivity index (χ4v) is 1.55. The zero-order valence-electron chi connectivity index (χ0n) is 9.20. The fourth-order valence-electron chi connectivity index (χ4n) is 1.36. The number of halogens is 1. The third kappa shape index (κ3) is 3.20. The molecule has 0 spiro atoms. The van der Waals surface area contributed by atoms with E-state index in [0.717, 1.165) is 0 Å². The van der Waals surface area contributed by atoms with E-state index in [9.17, 15) is 9.90 Å². The van der Waals surface area contributed by atoms with E-state index in [2.05, 4.69) is 5.32 Å². The van der Waals surface area contributed by atoms with Gasteiger partial charge in [0.15, 0.2) is 0 Å². The number of benzene rings is 1. The van der Waals surface area contributed by atoms with Gasteiger partial charge in [-0.1, -0.05) is 11.6 Å². The summed E-state index contributed by atoms with van der Waals surface area (Å²) in [5.41, 5.74) is 6.67. The lowest BCUT2D eigenvalue weighted by Gasteiger charge is -2.19. The molecule has 0 radical (unpaired) electrons. The molecule has 0 heterocycles. The van der Waals surface area contributed by atoms with Crippen molar-refractivity contribution in [1.29, 1.82) is 0 Å². The molecule has 0 saturated heterocycles. The van der Waals surface area contributed by atoms with Gasteiger partial charge in [-0.3, -0.25) is 4.79 Å². The van der Waals surface area contributed by atoms with E-state index in [1.165, 1.54) is 6.92 Å². The number of carbonyl (C=O) groups is 1. The molecule has 5 heteroatoms. The Morgan fingerprint density at radius 2 is 2.19 bits per heavy atom. The Balaban J connectivity index is 3.12. The van der Waals surface area contributed by atoms with Gasteiger partial charge in [-0.05, 0) is 25.1 Å². The molecule has 1 amide bonds. The van der Waals surface area contributed by atoms with Gasteiger partial charge in [0, 0.05) is 29.2 Å². The van der Waals surface area contributed by atoms with E-state index in [-0.39, 0.29) is 5.91 Å². The maximum atomic E-state index is 11.0. The zero-order valence-corrected chi connectivity index (χ0v) is 9.95. The van der Waals surface area contributed by atoms with Crippen molar-refractivity contribution in [2.45, 2.75) is 26.0 Å². The van der Waals surface area contributed by atoms with Crippen LogP contribution in [0.3, 0.4) is 0 Å². The first-order chi connectivity index (χ1) is 7.41. The highest BCUT2D eigenvalue weighted by Crippen LogP contribution is 2.27. The third-order valence-electron chi connectivity index (χ3n) is 2.14. The number of amides is 1. The first kappa shape index (κ1) is 13.0. The number of hydrogen-bond acceptors (Lipinski definition) is 3. The summed E-state index contributed by atoms with van der Waals surface area (Å²) in [6.45, 7) is 3.08. The van der Waals surface area contributed by atoms with E-state index in [1.54, 1.807) is 25.1 Å². The van der Waals surface area contributed by atoms with Crippen LogP contribution in [0.4, 0.5) is 5.69 Å². The first-order valence-electron chi connectivity index (χ1n) is 4.92. The van der Waals surface area contributed by atoms with Crippen LogP contribution in [0.1, 0.15) is 25.5 Å². The normalized spacial score (nSPS) is 14.3. The molecule has 1 aromatic rings. The Kier molecular flexibility index (Phi) is 4.29. The highest BCUT2D eigenvalue weighted by Gasteiger charge is 2.17. The largest absolute Gasteiger partial charge is 0.387 e. The van der Waals surface area contributed by atoms with E-state index in [4.69, 9.17) is 17.3 Å². The number of carbonyl (C=O) groups excluding carboxylic acids is 1. The predicted molar refractivity (Wildman–Crippen MR) is 64.4 cm³/mol. The van der Waals surface area contributed by atoms with Crippen molar-refractivity contribution in [3.8, 4) is 0 Å². The molecule has 2 unspecified atom stereocenters. The SMILES string of the molecule is CC(=O)Nc1ccc(Cl)cc1C(O)C(C)N. The van der Waals surface area contributed by atoms with Crippen molar-refractivity contribution in [3.63, 3.8) is 0 Å². The van der Waals surface area contributed by atoms with Crippen LogP contribution in [-0.2, 0) is 4.79 Å². The van der Waals surface area contributed by atoms with Crippen LogP contribution in [0, 0.1) is 0 Å². The van der Waals surface area contributed by atoms with Crippen molar-refractivity contribution < 1.29 is 9.90 Å². The number of aliphatic hydroxyl groups is 1. The second-order valence-electron chi connectivity index (χ2n) is 3.72. The van der Waals surface area contributed by atoms with Crippen LogP contribution in [-0.4, -0.2) is 17.1 Å². The summed E-state index contributed by atoms with van der Waals surface area (Å²) < 4.78 is 0. The van der Waals surface area contributed by atoms with Gasteiger partial charge < -0.3 is 16.2 Å². The fraction of sp³-hybridized carbons (Fsp3) is 0.364. The van der Waals surface area contributed by atoms with E-state index in [0.29, 0.717) is 16.3 Å². The lowest BCUT2D eigenvalue weighted by Crippen LogP contribution is -2.25. The molecule has 1 rings (SSSR count). The van der Waals surface area contributed by atoms with Crippen molar-refractivity contribution >= 4 is 23.2 Å². The van der Waals surface area contributed by atoms with Crippen LogP contribution >= 0.6 is 11.6 Å². The standard InChI is InChI=1S/C11H15ClN2O2/c1-6(13)11(16)9-5-8(12)3-4-10(9)14-7(2)15/h3-6,11,16H,13H2,1-2H3,(H,14,15). The topological polar surface area (TPSA) is 75.3 Å². The van der Waals surface area contributed by atoms with E-state index >= 15 is 0 Å². The van der Waals surface area contributed by atoms with Crippen molar-refractivity contribution in [3.05, 3.63) is 28.8 Å². The molecule has 0 bridgehead atoms. The minimum absolute atomic E-state index is 0.208. The highest BCUT2D eigenvalue weighted by molar-refractivity contribution is 6.30. The molecule has 0 fully saturated rings. The average molecular weight is 243 g/mol. The summed E-state index contributed by atoms with van der Waals surface area (Å²) >= 11 is 5.84. The van der Waals surface area contributed by atoms with E-state index in [1.807, 2.05) is 0 Å². The second-order valence-corrected chi connectivity index (χ2v) is 4.15. The summed E-state index contributed by atoms with van der Waals surface area (Å²) in [7, 11) is 0. The van der Waals surface area contributed by atoms with Crippen LogP contribution < -0.4 is 11.1 Å². The molecule has 2 atom stereocenters. The smallest absolute Gasteiger partial charge is 0.221 e. The van der Waals surface area contributed by atoms with Crippen LogP contribution in [0.15, 0.2) is 18.2 Å². The van der Waals surface area contributed by atoms with Crippen molar-refractivity contribution in [2.75, 3.05) is 5.32 Å². The molecule has 1 aromatic carbocycles. The van der Waals surface area contributed by atoms with Gasteiger partial charge in [0.1, 0.15) is 0 Å². The maximum Gasteiger partial charge on any atom is 0.221 e. The predicted octanol–water partition coefficient (Wildman–Crippen LogP) is 1.68. The van der Waals surface area contributed by atoms with Crippen LogP contribution in [0.5, 0.6) is 0 Å². The molecule has 0 aliphatic carbocycles. The monoisotopic (exact) mass is 242 g/mol. The minimum atomic E-state index is -0.861. The number of hydrogen-bond donors (Lipinski definition) is 3. The molecule has 4 N–H and O–H groups in total. The molecular formula is C11H15ClN2O2. The summed E-state index contributed by atoms with van der Waals surface area (Å²) in [6, 6.07) is 4.45.